The lowest BCUT2D eigenvalue weighted by Gasteiger charge is -2.23. The maximum absolute atomic E-state index is 10.9. The highest BCUT2D eigenvalue weighted by Crippen LogP contribution is 2.01. The van der Waals surface area contributed by atoms with Gasteiger partial charge in [-0.15, -0.1) is 0 Å². The van der Waals surface area contributed by atoms with E-state index in [2.05, 4.69) is 18.7 Å². The van der Waals surface area contributed by atoms with Crippen LogP contribution in [-0.2, 0) is 4.79 Å². The van der Waals surface area contributed by atoms with Gasteiger partial charge in [0.1, 0.15) is 5.78 Å². The number of hydrogen-bond acceptors (Lipinski definition) is 2. The molecule has 0 fully saturated rings. The first-order valence-electron chi connectivity index (χ1n) is 4.15. The number of Topliss-reactive ketones (excluding diaryl/α,β-unsaturated/α-hetero) is 1. The molecule has 0 rings (SSSR count). The van der Waals surface area contributed by atoms with Crippen molar-refractivity contribution < 1.29 is 4.79 Å². The predicted octanol–water partition coefficient (Wildman–Crippen LogP) is 1.55. The zero-order valence-electron chi connectivity index (χ0n) is 8.22. The molecule has 0 aliphatic rings. The van der Waals surface area contributed by atoms with Crippen molar-refractivity contribution in [2.45, 2.75) is 33.7 Å². The van der Waals surface area contributed by atoms with E-state index in [4.69, 9.17) is 0 Å². The smallest absolute Gasteiger partial charge is 0.146 e. The van der Waals surface area contributed by atoms with E-state index >= 15 is 0 Å². The van der Waals surface area contributed by atoms with Gasteiger partial charge in [0.05, 0.1) is 6.04 Å². The predicted molar refractivity (Wildman–Crippen MR) is 47.6 cm³/mol. The minimum atomic E-state index is 0.0670. The summed E-state index contributed by atoms with van der Waals surface area (Å²) in [5.41, 5.74) is 0. The Balaban J connectivity index is 3.82. The molecule has 0 spiro atoms. The third-order valence-electron chi connectivity index (χ3n) is 1.90. The third kappa shape index (κ3) is 4.14. The Bertz CT molecular complexity index is 132. The second-order valence-corrected chi connectivity index (χ2v) is 3.62. The molecule has 0 unspecified atom stereocenters. The number of hydrogen-bond donors (Lipinski definition) is 0. The molecule has 0 heterocycles. The molecule has 0 aliphatic carbocycles. The molecule has 0 aromatic rings. The lowest BCUT2D eigenvalue weighted by molar-refractivity contribution is -0.121. The standard InChI is InChI=1S/C9H19NO/c1-7(2)6-10(5)8(3)9(4)11/h7-8H,6H2,1-5H3/t8-/m1/s1. The van der Waals surface area contributed by atoms with E-state index < -0.39 is 0 Å². The molecule has 0 radical (unpaired) electrons. The molecule has 2 nitrogen and oxygen atoms in total. The maximum Gasteiger partial charge on any atom is 0.146 e. The Morgan fingerprint density at radius 3 is 2.09 bits per heavy atom. The Labute approximate surface area is 69.6 Å². The first-order chi connectivity index (χ1) is 4.95. The summed E-state index contributed by atoms with van der Waals surface area (Å²) < 4.78 is 0. The van der Waals surface area contributed by atoms with E-state index in [0.717, 1.165) is 6.54 Å². The van der Waals surface area contributed by atoms with Crippen molar-refractivity contribution in [1.82, 2.24) is 4.90 Å². The molecule has 0 bridgehead atoms. The van der Waals surface area contributed by atoms with Gasteiger partial charge in [-0.3, -0.25) is 9.69 Å². The first-order valence-corrected chi connectivity index (χ1v) is 4.15. The zero-order valence-corrected chi connectivity index (χ0v) is 8.22. The van der Waals surface area contributed by atoms with E-state index in [9.17, 15) is 4.79 Å². The summed E-state index contributed by atoms with van der Waals surface area (Å²) in [7, 11) is 1.99. The second kappa shape index (κ2) is 4.50. The van der Waals surface area contributed by atoms with E-state index in [1.165, 1.54) is 0 Å². The van der Waals surface area contributed by atoms with Crippen LogP contribution in [0, 0.1) is 5.92 Å². The highest BCUT2D eigenvalue weighted by Gasteiger charge is 2.13. The van der Waals surface area contributed by atoms with Crippen LogP contribution in [0.25, 0.3) is 0 Å². The van der Waals surface area contributed by atoms with Crippen molar-refractivity contribution in [3.63, 3.8) is 0 Å². The monoisotopic (exact) mass is 157 g/mol. The Kier molecular flexibility index (Phi) is 4.34. The van der Waals surface area contributed by atoms with Gasteiger partial charge in [-0.25, -0.2) is 0 Å². The topological polar surface area (TPSA) is 20.3 Å². The molecule has 0 saturated heterocycles. The zero-order chi connectivity index (χ0) is 9.02. The van der Waals surface area contributed by atoms with Crippen LogP contribution < -0.4 is 0 Å². The summed E-state index contributed by atoms with van der Waals surface area (Å²) >= 11 is 0. The molecule has 0 N–H and O–H groups in total. The van der Waals surface area contributed by atoms with Crippen LogP contribution in [0.1, 0.15) is 27.7 Å². The fourth-order valence-electron chi connectivity index (χ4n) is 1.04. The highest BCUT2D eigenvalue weighted by molar-refractivity contribution is 5.80. The van der Waals surface area contributed by atoms with Crippen molar-refractivity contribution in [1.29, 1.82) is 0 Å². The van der Waals surface area contributed by atoms with Crippen LogP contribution in [0.2, 0.25) is 0 Å². The average Bonchev–Trinajstić information content (AvgIpc) is 1.84. The Morgan fingerprint density at radius 1 is 1.36 bits per heavy atom. The molecule has 66 valence electrons. The molecule has 0 aromatic carbocycles. The maximum atomic E-state index is 10.9. The molecule has 0 aromatic heterocycles. The van der Waals surface area contributed by atoms with Gasteiger partial charge < -0.3 is 0 Å². The molecule has 11 heavy (non-hydrogen) atoms. The normalized spacial score (nSPS) is 14.1. The molecule has 0 saturated carbocycles. The van der Waals surface area contributed by atoms with Gasteiger partial charge in [-0.2, -0.15) is 0 Å². The van der Waals surface area contributed by atoms with Gasteiger partial charge in [-0.05, 0) is 26.8 Å². The molecule has 0 aliphatic heterocycles. The van der Waals surface area contributed by atoms with Crippen molar-refractivity contribution in [2.75, 3.05) is 13.6 Å². The summed E-state index contributed by atoms with van der Waals surface area (Å²) in [6, 6.07) is 0.0670. The number of ketones is 1. The van der Waals surface area contributed by atoms with Crippen molar-refractivity contribution in [2.24, 2.45) is 5.92 Å². The first kappa shape index (κ1) is 10.6. The van der Waals surface area contributed by atoms with E-state index in [0.29, 0.717) is 5.92 Å². The summed E-state index contributed by atoms with van der Waals surface area (Å²) in [5.74, 6) is 0.870. The molecular formula is C9H19NO. The van der Waals surface area contributed by atoms with Gasteiger partial charge in [-0.1, -0.05) is 13.8 Å². The van der Waals surface area contributed by atoms with Crippen molar-refractivity contribution >= 4 is 5.78 Å². The average molecular weight is 157 g/mol. The summed E-state index contributed by atoms with van der Waals surface area (Å²) in [6.07, 6.45) is 0. The van der Waals surface area contributed by atoms with Crippen LogP contribution >= 0.6 is 0 Å². The lowest BCUT2D eigenvalue weighted by Crippen LogP contribution is -2.36. The van der Waals surface area contributed by atoms with E-state index in [1.54, 1.807) is 6.92 Å². The Hall–Kier alpha value is -0.370. The van der Waals surface area contributed by atoms with Gasteiger partial charge >= 0.3 is 0 Å². The van der Waals surface area contributed by atoms with Crippen LogP contribution in [0.3, 0.4) is 0 Å². The van der Waals surface area contributed by atoms with Crippen molar-refractivity contribution in [3.05, 3.63) is 0 Å². The largest absolute Gasteiger partial charge is 0.298 e. The summed E-state index contributed by atoms with van der Waals surface area (Å²) in [6.45, 7) is 8.89. The molecular weight excluding hydrogens is 138 g/mol. The van der Waals surface area contributed by atoms with E-state index in [-0.39, 0.29) is 11.8 Å². The van der Waals surface area contributed by atoms with Gasteiger partial charge in [0.2, 0.25) is 0 Å². The number of rotatable bonds is 4. The molecule has 2 heteroatoms. The van der Waals surface area contributed by atoms with Crippen LogP contribution in [-0.4, -0.2) is 30.3 Å². The minimum absolute atomic E-state index is 0.0670. The highest BCUT2D eigenvalue weighted by atomic mass is 16.1. The second-order valence-electron chi connectivity index (χ2n) is 3.62. The van der Waals surface area contributed by atoms with Crippen molar-refractivity contribution in [3.8, 4) is 0 Å². The lowest BCUT2D eigenvalue weighted by atomic mass is 10.1. The number of nitrogens with zero attached hydrogens (tertiary/aromatic N) is 1. The third-order valence-corrected chi connectivity index (χ3v) is 1.90. The fourth-order valence-corrected chi connectivity index (χ4v) is 1.04. The van der Waals surface area contributed by atoms with Gasteiger partial charge in [0, 0.05) is 6.54 Å². The SMILES string of the molecule is CC(=O)[C@@H](C)N(C)CC(C)C. The quantitative estimate of drug-likeness (QED) is 0.617. The fraction of sp³-hybridized carbons (Fsp3) is 0.889. The van der Waals surface area contributed by atoms with Gasteiger partial charge in [0.25, 0.3) is 0 Å². The minimum Gasteiger partial charge on any atom is -0.298 e. The van der Waals surface area contributed by atoms with Crippen LogP contribution in [0.4, 0.5) is 0 Å². The number of carbonyl (C=O) groups is 1. The number of likely N-dealkylation sites (N-methyl/N-ethyl adjacent to an activating group) is 1. The Morgan fingerprint density at radius 2 is 1.82 bits per heavy atom. The van der Waals surface area contributed by atoms with E-state index in [1.807, 2.05) is 14.0 Å². The molecule has 1 atom stereocenters. The summed E-state index contributed by atoms with van der Waals surface area (Å²) in [4.78, 5) is 13.0. The van der Waals surface area contributed by atoms with Gasteiger partial charge in [0.15, 0.2) is 0 Å². The van der Waals surface area contributed by atoms with Crippen LogP contribution in [0.15, 0.2) is 0 Å². The molecule has 0 amide bonds. The summed E-state index contributed by atoms with van der Waals surface area (Å²) in [5, 5.41) is 0. The van der Waals surface area contributed by atoms with Crippen LogP contribution in [0.5, 0.6) is 0 Å². The number of carbonyl (C=O) groups excluding carboxylic acids is 1.